The van der Waals surface area contributed by atoms with Gasteiger partial charge in [0.2, 0.25) is 0 Å². The van der Waals surface area contributed by atoms with Gasteiger partial charge in [0.15, 0.2) is 5.78 Å². The lowest BCUT2D eigenvalue weighted by Gasteiger charge is -2.51. The second-order valence-electron chi connectivity index (χ2n) is 11.1. The van der Waals surface area contributed by atoms with Gasteiger partial charge in [0.25, 0.3) is 10.1 Å². The highest BCUT2D eigenvalue weighted by atomic mass is 35.5. The first-order valence-corrected chi connectivity index (χ1v) is 14.9. The number of rotatable bonds is 6. The van der Waals surface area contributed by atoms with E-state index in [1.807, 2.05) is 0 Å². The molecule has 6 heteroatoms. The molecule has 0 aromatic heterocycles. The maximum absolute atomic E-state index is 12.3. The fraction of sp³-hybridized carbons (Fsp3) is 0.607. The molecule has 4 aliphatic carbocycles. The van der Waals surface area contributed by atoms with Gasteiger partial charge < -0.3 is 0 Å². The Morgan fingerprint density at radius 2 is 1.85 bits per heavy atom. The second-order valence-corrected chi connectivity index (χ2v) is 13.1. The van der Waals surface area contributed by atoms with Crippen molar-refractivity contribution in [2.45, 2.75) is 77.0 Å². The predicted molar refractivity (Wildman–Crippen MR) is 135 cm³/mol. The van der Waals surface area contributed by atoms with Gasteiger partial charge in [0, 0.05) is 12.3 Å². The monoisotopic (exact) mass is 502 g/mol. The number of aryl methyl sites for hydroxylation is 1. The minimum atomic E-state index is -3.38. The zero-order chi connectivity index (χ0) is 24.1. The summed E-state index contributed by atoms with van der Waals surface area (Å²) in [5.74, 6) is 1.85. The smallest absolute Gasteiger partial charge is 0.264 e. The Bertz CT molecular complexity index is 1150. The van der Waals surface area contributed by atoms with E-state index in [9.17, 15) is 13.2 Å². The van der Waals surface area contributed by atoms with Crippen LogP contribution in [-0.2, 0) is 25.5 Å². The van der Waals surface area contributed by atoms with E-state index >= 15 is 0 Å². The zero-order valence-corrected chi connectivity index (χ0v) is 21.8. The Labute approximate surface area is 208 Å². The number of ketones is 1. The average molecular weight is 503 g/mol. The number of Topliss-reactive ketones (excluding diaryl/α,β-unsaturated/α-hetero) is 1. The number of fused-ring (bicyclic) bond motifs is 4. The van der Waals surface area contributed by atoms with E-state index in [0.717, 1.165) is 43.4 Å². The number of hydrogen-bond acceptors (Lipinski definition) is 4. The summed E-state index contributed by atoms with van der Waals surface area (Å²) >= 11 is 6.56. The van der Waals surface area contributed by atoms with Crippen LogP contribution in [0.2, 0.25) is 0 Å². The molecule has 0 heterocycles. The highest BCUT2D eigenvalue weighted by molar-refractivity contribution is 7.85. The first-order chi connectivity index (χ1) is 16.2. The molecule has 0 unspecified atom stereocenters. The van der Waals surface area contributed by atoms with Crippen molar-refractivity contribution in [3.63, 3.8) is 0 Å². The van der Waals surface area contributed by atoms with E-state index in [0.29, 0.717) is 35.1 Å². The lowest BCUT2D eigenvalue weighted by Crippen LogP contribution is -2.40. The van der Waals surface area contributed by atoms with Gasteiger partial charge in [-0.3, -0.25) is 8.98 Å². The van der Waals surface area contributed by atoms with Crippen LogP contribution in [0, 0.1) is 17.3 Å². The molecule has 0 bridgehead atoms. The van der Waals surface area contributed by atoms with Crippen molar-refractivity contribution in [3.8, 4) is 0 Å². The zero-order valence-electron chi connectivity index (χ0n) is 20.2. The van der Waals surface area contributed by atoms with Gasteiger partial charge in [-0.15, -0.1) is 0 Å². The van der Waals surface area contributed by atoms with Crippen molar-refractivity contribution < 1.29 is 17.4 Å². The Morgan fingerprint density at radius 3 is 2.59 bits per heavy atom. The Hall–Kier alpha value is -1.43. The summed E-state index contributed by atoms with van der Waals surface area (Å²) in [6.45, 7) is 2.73. The van der Waals surface area contributed by atoms with Gasteiger partial charge in [-0.25, -0.2) is 0 Å². The summed E-state index contributed by atoms with van der Waals surface area (Å²) in [6, 6.07) is 8.93. The molecule has 5 rings (SSSR count). The first-order valence-electron chi connectivity index (χ1n) is 12.7. The molecule has 2 fully saturated rings. The summed E-state index contributed by atoms with van der Waals surface area (Å²) in [7, 11) is -3.38. The lowest BCUT2D eigenvalue weighted by atomic mass is 9.53. The highest BCUT2D eigenvalue weighted by Crippen LogP contribution is 2.64. The minimum Gasteiger partial charge on any atom is -0.293 e. The molecule has 4 aliphatic rings. The van der Waals surface area contributed by atoms with E-state index in [4.69, 9.17) is 15.8 Å². The molecule has 4 atom stereocenters. The molecule has 2 saturated carbocycles. The third-order valence-corrected chi connectivity index (χ3v) is 9.94. The van der Waals surface area contributed by atoms with Crippen molar-refractivity contribution in [1.82, 2.24) is 0 Å². The maximum atomic E-state index is 12.3. The number of carbonyl (C=O) groups excluding carboxylic acids is 1. The molecule has 184 valence electrons. The van der Waals surface area contributed by atoms with Crippen LogP contribution in [-0.4, -0.2) is 27.1 Å². The highest BCUT2D eigenvalue weighted by Gasteiger charge is 2.52. The van der Waals surface area contributed by atoms with Crippen molar-refractivity contribution in [3.05, 3.63) is 57.1 Å². The average Bonchev–Trinajstić information content (AvgIpc) is 3.20. The number of benzene rings is 1. The van der Waals surface area contributed by atoms with Crippen LogP contribution in [0.1, 0.15) is 81.8 Å². The lowest BCUT2D eigenvalue weighted by molar-refractivity contribution is -0.115. The molecule has 0 spiro atoms. The molecule has 0 radical (unpaired) electrons. The number of hydrogen-bond donors (Lipinski definition) is 0. The predicted octanol–water partition coefficient (Wildman–Crippen LogP) is 6.45. The Kier molecular flexibility index (Phi) is 6.58. The third kappa shape index (κ3) is 4.56. The molecular weight excluding hydrogens is 468 g/mol. The molecule has 1 aromatic rings. The van der Waals surface area contributed by atoms with Gasteiger partial charge in [-0.2, -0.15) is 8.42 Å². The quantitative estimate of drug-likeness (QED) is 0.331. The van der Waals surface area contributed by atoms with Crippen LogP contribution in [0.4, 0.5) is 0 Å². The van der Waals surface area contributed by atoms with E-state index in [1.165, 1.54) is 42.4 Å². The molecule has 0 N–H and O–H groups in total. The van der Waals surface area contributed by atoms with E-state index in [1.54, 1.807) is 5.57 Å². The number of carbonyl (C=O) groups is 1. The standard InChI is InChI=1S/C28H35ClO4S/c1-28-15-3-6-24(28)22-12-11-21-20(13-14-25(30)27(21)29)26(22)23(17-28)19-9-7-18(8-10-19)5-4-16-33-34(2,31)32/h7-10,22-24H,3-6,11-17H2,1-2H3/t22-,23+,24-,28-/m0/s1. The summed E-state index contributed by atoms with van der Waals surface area (Å²) in [5.41, 5.74) is 7.08. The maximum Gasteiger partial charge on any atom is 0.264 e. The van der Waals surface area contributed by atoms with Gasteiger partial charge >= 0.3 is 0 Å². The number of allylic oxidation sites excluding steroid dienone is 4. The van der Waals surface area contributed by atoms with Crippen molar-refractivity contribution in [2.75, 3.05) is 12.9 Å². The van der Waals surface area contributed by atoms with Crippen LogP contribution in [0.3, 0.4) is 0 Å². The van der Waals surface area contributed by atoms with Gasteiger partial charge in [0.05, 0.1) is 17.9 Å². The van der Waals surface area contributed by atoms with Crippen LogP contribution < -0.4 is 0 Å². The fourth-order valence-electron chi connectivity index (χ4n) is 7.42. The van der Waals surface area contributed by atoms with Crippen LogP contribution in [0.5, 0.6) is 0 Å². The fourth-order valence-corrected chi connectivity index (χ4v) is 8.15. The second kappa shape index (κ2) is 9.22. The summed E-state index contributed by atoms with van der Waals surface area (Å²) in [6.07, 6.45) is 11.1. The SMILES string of the molecule is C[C@@]12CCC[C@H]1[C@@H]1CCC3=C(Cl)C(=O)CCC3=C1[C@@H](c1ccc(CCCOS(C)(=O)=O)cc1)C2. The van der Waals surface area contributed by atoms with E-state index in [-0.39, 0.29) is 12.4 Å². The molecular formula is C28H35ClO4S. The normalized spacial score (nSPS) is 31.4. The Morgan fingerprint density at radius 1 is 1.09 bits per heavy atom. The molecule has 0 aliphatic heterocycles. The largest absolute Gasteiger partial charge is 0.293 e. The Balaban J connectivity index is 1.45. The van der Waals surface area contributed by atoms with Crippen molar-refractivity contribution in [2.24, 2.45) is 17.3 Å². The van der Waals surface area contributed by atoms with E-state index in [2.05, 4.69) is 31.2 Å². The van der Waals surface area contributed by atoms with Crippen LogP contribution >= 0.6 is 11.6 Å². The van der Waals surface area contributed by atoms with Gasteiger partial charge in [-0.1, -0.05) is 54.8 Å². The topological polar surface area (TPSA) is 60.4 Å². The van der Waals surface area contributed by atoms with Gasteiger partial charge in [0.1, 0.15) is 0 Å². The summed E-state index contributed by atoms with van der Waals surface area (Å²) < 4.78 is 27.2. The first kappa shape index (κ1) is 24.3. The van der Waals surface area contributed by atoms with Crippen LogP contribution in [0.15, 0.2) is 46.0 Å². The number of halogens is 1. The molecule has 0 amide bonds. The van der Waals surface area contributed by atoms with Crippen LogP contribution in [0.25, 0.3) is 0 Å². The summed E-state index contributed by atoms with van der Waals surface area (Å²) in [4.78, 5) is 12.3. The minimum absolute atomic E-state index is 0.113. The molecule has 0 saturated heterocycles. The third-order valence-electron chi connectivity index (χ3n) is 8.91. The molecule has 1 aromatic carbocycles. The van der Waals surface area contributed by atoms with Crippen molar-refractivity contribution >= 4 is 27.5 Å². The molecule has 4 nitrogen and oxygen atoms in total. The van der Waals surface area contributed by atoms with E-state index < -0.39 is 10.1 Å². The van der Waals surface area contributed by atoms with Gasteiger partial charge in [-0.05, 0) is 90.9 Å². The van der Waals surface area contributed by atoms with Crippen molar-refractivity contribution in [1.29, 1.82) is 0 Å². The summed E-state index contributed by atoms with van der Waals surface area (Å²) in [5, 5.41) is 0.498. The molecule has 34 heavy (non-hydrogen) atoms.